The highest BCUT2D eigenvalue weighted by atomic mass is 16.5. The normalized spacial score (nSPS) is 14.5. The lowest BCUT2D eigenvalue weighted by Crippen LogP contribution is -2.30. The fraction of sp³-hybridized carbons (Fsp3) is 0.571. The highest BCUT2D eigenvalue weighted by Crippen LogP contribution is 2.22. The van der Waals surface area contributed by atoms with E-state index in [1.54, 1.807) is 6.07 Å². The third-order valence-corrected chi connectivity index (χ3v) is 3.40. The van der Waals surface area contributed by atoms with E-state index in [4.69, 9.17) is 0 Å². The first-order valence-electron chi connectivity index (χ1n) is 7.24. The van der Waals surface area contributed by atoms with E-state index in [2.05, 4.69) is 20.1 Å². The lowest BCUT2D eigenvalue weighted by Gasteiger charge is -2.26. The van der Waals surface area contributed by atoms with Crippen LogP contribution in [0.25, 0.3) is 0 Å². The second-order valence-electron chi connectivity index (χ2n) is 5.24. The molecule has 2 rings (SSSR count). The number of methoxy groups -OCH3 is 1. The lowest BCUT2D eigenvalue weighted by molar-refractivity contribution is -0.124. The topological polar surface area (TPSA) is 93.5 Å². The summed E-state index contributed by atoms with van der Waals surface area (Å²) >= 11 is 0. The van der Waals surface area contributed by atoms with Crippen molar-refractivity contribution < 1.29 is 19.1 Å². The number of rotatable bonds is 4. The second kappa shape index (κ2) is 7.06. The fourth-order valence-electron chi connectivity index (χ4n) is 2.37. The number of aromatic nitrogens is 2. The van der Waals surface area contributed by atoms with Crippen LogP contribution >= 0.6 is 0 Å². The monoisotopic (exact) mass is 308 g/mol. The van der Waals surface area contributed by atoms with Gasteiger partial charge in [0.05, 0.1) is 13.5 Å². The molecule has 120 valence electrons. The summed E-state index contributed by atoms with van der Waals surface area (Å²) in [7, 11) is 1.24. The maximum atomic E-state index is 11.8. The minimum atomic E-state index is -0.693. The van der Waals surface area contributed by atoms with Crippen molar-refractivity contribution in [1.82, 2.24) is 9.78 Å². The van der Waals surface area contributed by atoms with E-state index in [0.717, 1.165) is 30.6 Å². The van der Waals surface area contributed by atoms with E-state index in [9.17, 15) is 14.4 Å². The number of ether oxygens (including phenoxy) is 1. The van der Waals surface area contributed by atoms with Gasteiger partial charge in [0.1, 0.15) is 11.6 Å². The van der Waals surface area contributed by atoms with Gasteiger partial charge in [0, 0.05) is 19.2 Å². The molecule has 1 aliphatic heterocycles. The Morgan fingerprint density at radius 1 is 1.27 bits per heavy atom. The summed E-state index contributed by atoms with van der Waals surface area (Å²) in [5.41, 5.74) is 0. The number of nitrogens with zero attached hydrogens (tertiary/aromatic N) is 3. The van der Waals surface area contributed by atoms with E-state index in [-0.39, 0.29) is 18.0 Å². The van der Waals surface area contributed by atoms with E-state index in [1.165, 1.54) is 20.5 Å². The Hall–Kier alpha value is -2.38. The molecule has 0 atom stereocenters. The number of ketones is 1. The van der Waals surface area contributed by atoms with E-state index in [1.807, 2.05) is 0 Å². The molecule has 1 amide bonds. The van der Waals surface area contributed by atoms with Gasteiger partial charge < -0.3 is 15.0 Å². The maximum absolute atomic E-state index is 11.8. The highest BCUT2D eigenvalue weighted by Gasteiger charge is 2.21. The first-order valence-corrected chi connectivity index (χ1v) is 7.24. The minimum absolute atomic E-state index is 0.207. The molecule has 1 N–H and O–H groups in total. The smallest absolute Gasteiger partial charge is 0.436 e. The summed E-state index contributed by atoms with van der Waals surface area (Å²) in [5, 5.41) is 6.74. The molecule has 1 aromatic rings. The van der Waals surface area contributed by atoms with Crippen molar-refractivity contribution in [3.8, 4) is 0 Å². The number of carbonyl (C=O) groups excluding carboxylic acids is 3. The molecule has 0 bridgehead atoms. The Bertz CT molecular complexity index is 575. The molecule has 1 saturated heterocycles. The summed E-state index contributed by atoms with van der Waals surface area (Å²) < 4.78 is 5.67. The molecular formula is C14H20N4O4. The van der Waals surface area contributed by atoms with E-state index < -0.39 is 12.0 Å². The summed E-state index contributed by atoms with van der Waals surface area (Å²) in [6, 6.07) is 1.63. The molecule has 0 saturated carbocycles. The zero-order chi connectivity index (χ0) is 16.1. The number of Topliss-reactive ketones (excluding diaryl/α,β-unsaturated/α-hetero) is 1. The number of piperidine rings is 1. The summed E-state index contributed by atoms with van der Waals surface area (Å²) in [5.74, 6) is 0.0857. The zero-order valence-corrected chi connectivity index (χ0v) is 12.8. The Morgan fingerprint density at radius 3 is 2.55 bits per heavy atom. The van der Waals surface area contributed by atoms with Gasteiger partial charge in [-0.15, -0.1) is 9.78 Å². The lowest BCUT2D eigenvalue weighted by atomic mass is 10.1. The fourth-order valence-corrected chi connectivity index (χ4v) is 2.37. The number of hydrogen-bond donors (Lipinski definition) is 1. The average Bonchev–Trinajstić information content (AvgIpc) is 2.90. The van der Waals surface area contributed by atoms with Gasteiger partial charge in [-0.05, 0) is 26.2 Å². The molecule has 0 unspecified atom stereocenters. The summed E-state index contributed by atoms with van der Waals surface area (Å²) in [6.07, 6.45) is 2.37. The SMILES string of the molecule is COC(=O)n1nc(N2CCCCC2)cc1NC(=O)CC(C)=O. The molecular weight excluding hydrogens is 288 g/mol. The number of anilines is 2. The van der Waals surface area contributed by atoms with Crippen molar-refractivity contribution in [3.05, 3.63) is 6.07 Å². The molecule has 0 aromatic carbocycles. The molecule has 1 aromatic heterocycles. The van der Waals surface area contributed by atoms with Crippen LogP contribution < -0.4 is 10.2 Å². The van der Waals surface area contributed by atoms with Crippen LogP contribution in [0.5, 0.6) is 0 Å². The van der Waals surface area contributed by atoms with Gasteiger partial charge in [-0.3, -0.25) is 9.59 Å². The number of carbonyl (C=O) groups is 3. The van der Waals surface area contributed by atoms with E-state index >= 15 is 0 Å². The maximum Gasteiger partial charge on any atom is 0.436 e. The molecule has 0 aliphatic carbocycles. The average molecular weight is 308 g/mol. The van der Waals surface area contributed by atoms with Crippen molar-refractivity contribution in [2.45, 2.75) is 32.6 Å². The van der Waals surface area contributed by atoms with Gasteiger partial charge in [-0.2, -0.15) is 0 Å². The van der Waals surface area contributed by atoms with Crippen LogP contribution in [-0.4, -0.2) is 47.8 Å². The number of nitrogens with one attached hydrogen (secondary N) is 1. The zero-order valence-electron chi connectivity index (χ0n) is 12.8. The van der Waals surface area contributed by atoms with Crippen molar-refractivity contribution in [1.29, 1.82) is 0 Å². The number of amides is 1. The van der Waals surface area contributed by atoms with Gasteiger partial charge in [0.15, 0.2) is 5.82 Å². The van der Waals surface area contributed by atoms with Crippen LogP contribution in [-0.2, 0) is 14.3 Å². The Balaban J connectivity index is 2.21. The standard InChI is InChI=1S/C14H20N4O4/c1-10(19)8-13(20)15-11-9-12(16-18(11)14(21)22-2)17-6-4-3-5-7-17/h9H,3-8H2,1-2H3,(H,15,20). The van der Waals surface area contributed by atoms with Gasteiger partial charge in [0.25, 0.3) is 0 Å². The Labute approximate surface area is 128 Å². The van der Waals surface area contributed by atoms with Crippen LogP contribution in [0.1, 0.15) is 32.6 Å². The van der Waals surface area contributed by atoms with Crippen LogP contribution in [0.3, 0.4) is 0 Å². The van der Waals surface area contributed by atoms with Crippen molar-refractivity contribution in [3.63, 3.8) is 0 Å². The van der Waals surface area contributed by atoms with Gasteiger partial charge in [-0.1, -0.05) is 0 Å². The van der Waals surface area contributed by atoms with Gasteiger partial charge in [-0.25, -0.2) is 4.79 Å². The van der Waals surface area contributed by atoms with Crippen LogP contribution in [0, 0.1) is 0 Å². The third kappa shape index (κ3) is 3.84. The van der Waals surface area contributed by atoms with Crippen LogP contribution in [0.15, 0.2) is 6.07 Å². The van der Waals surface area contributed by atoms with Gasteiger partial charge >= 0.3 is 6.09 Å². The first-order chi connectivity index (χ1) is 10.5. The molecule has 8 nitrogen and oxygen atoms in total. The molecule has 1 fully saturated rings. The molecule has 22 heavy (non-hydrogen) atoms. The van der Waals surface area contributed by atoms with Crippen LogP contribution in [0.4, 0.5) is 16.4 Å². The highest BCUT2D eigenvalue weighted by molar-refractivity contribution is 6.03. The van der Waals surface area contributed by atoms with Crippen molar-refractivity contribution >= 4 is 29.4 Å². The minimum Gasteiger partial charge on any atom is -0.451 e. The predicted molar refractivity (Wildman–Crippen MR) is 80.0 cm³/mol. The second-order valence-corrected chi connectivity index (χ2v) is 5.24. The first kappa shape index (κ1) is 16.0. The quantitative estimate of drug-likeness (QED) is 0.845. The van der Waals surface area contributed by atoms with E-state index in [0.29, 0.717) is 5.82 Å². The Kier molecular flexibility index (Phi) is 5.13. The molecule has 2 heterocycles. The predicted octanol–water partition coefficient (Wildman–Crippen LogP) is 1.41. The largest absolute Gasteiger partial charge is 0.451 e. The number of hydrogen-bond acceptors (Lipinski definition) is 6. The Morgan fingerprint density at radius 2 is 1.95 bits per heavy atom. The summed E-state index contributed by atoms with van der Waals surface area (Å²) in [6.45, 7) is 3.05. The van der Waals surface area contributed by atoms with Crippen LogP contribution in [0.2, 0.25) is 0 Å². The molecule has 8 heteroatoms. The molecule has 1 aliphatic rings. The molecule has 0 spiro atoms. The van der Waals surface area contributed by atoms with Crippen molar-refractivity contribution in [2.24, 2.45) is 0 Å². The third-order valence-electron chi connectivity index (χ3n) is 3.40. The van der Waals surface area contributed by atoms with Crippen molar-refractivity contribution in [2.75, 3.05) is 30.4 Å². The molecule has 0 radical (unpaired) electrons. The summed E-state index contributed by atoms with van der Waals surface area (Å²) in [4.78, 5) is 36.6. The van der Waals surface area contributed by atoms with Gasteiger partial charge in [0.2, 0.25) is 5.91 Å².